The van der Waals surface area contributed by atoms with Crippen molar-refractivity contribution in [2.24, 2.45) is 10.7 Å². The SMILES string of the molecule is CC(C)(C)OC(=O)N1CCN(C(N)=NCCc2cccc(O)c2)CC1. The van der Waals surface area contributed by atoms with Crippen LogP contribution in [-0.2, 0) is 11.2 Å². The third kappa shape index (κ3) is 6.17. The first-order valence-electron chi connectivity index (χ1n) is 8.55. The smallest absolute Gasteiger partial charge is 0.410 e. The summed E-state index contributed by atoms with van der Waals surface area (Å²) in [5, 5.41) is 9.45. The minimum atomic E-state index is -0.486. The van der Waals surface area contributed by atoms with E-state index in [0.29, 0.717) is 45.1 Å². The number of guanidine groups is 1. The van der Waals surface area contributed by atoms with Crippen molar-refractivity contribution >= 4 is 12.1 Å². The van der Waals surface area contributed by atoms with Gasteiger partial charge in [0.05, 0.1) is 0 Å². The summed E-state index contributed by atoms with van der Waals surface area (Å²) >= 11 is 0. The van der Waals surface area contributed by atoms with Crippen LogP contribution < -0.4 is 5.73 Å². The molecule has 1 amide bonds. The Bertz CT molecular complexity index is 617. The van der Waals surface area contributed by atoms with Gasteiger partial charge >= 0.3 is 6.09 Å². The molecule has 0 aliphatic carbocycles. The van der Waals surface area contributed by atoms with Crippen LogP contribution in [0.5, 0.6) is 5.75 Å². The van der Waals surface area contributed by atoms with E-state index >= 15 is 0 Å². The number of hydrogen-bond donors (Lipinski definition) is 2. The first-order valence-corrected chi connectivity index (χ1v) is 8.55. The van der Waals surface area contributed by atoms with Crippen molar-refractivity contribution in [3.63, 3.8) is 0 Å². The minimum absolute atomic E-state index is 0.257. The minimum Gasteiger partial charge on any atom is -0.508 e. The number of piperazine rings is 1. The van der Waals surface area contributed by atoms with Gasteiger partial charge in [0.25, 0.3) is 0 Å². The summed E-state index contributed by atoms with van der Waals surface area (Å²) in [6.45, 7) is 8.55. The predicted molar refractivity (Wildman–Crippen MR) is 97.7 cm³/mol. The number of benzene rings is 1. The van der Waals surface area contributed by atoms with Crippen LogP contribution in [-0.4, -0.2) is 65.3 Å². The molecule has 0 radical (unpaired) electrons. The number of amides is 1. The van der Waals surface area contributed by atoms with Crippen molar-refractivity contribution < 1.29 is 14.6 Å². The Hall–Kier alpha value is -2.44. The number of aromatic hydroxyl groups is 1. The summed E-state index contributed by atoms with van der Waals surface area (Å²) < 4.78 is 5.38. The van der Waals surface area contributed by atoms with E-state index in [-0.39, 0.29) is 11.8 Å². The van der Waals surface area contributed by atoms with E-state index in [1.165, 1.54) is 0 Å². The summed E-state index contributed by atoms with van der Waals surface area (Å²) in [5.41, 5.74) is 6.59. The molecule has 1 saturated heterocycles. The first-order chi connectivity index (χ1) is 11.7. The van der Waals surface area contributed by atoms with Gasteiger partial charge in [-0.25, -0.2) is 4.79 Å². The Morgan fingerprint density at radius 2 is 1.88 bits per heavy atom. The maximum absolute atomic E-state index is 12.0. The Morgan fingerprint density at radius 3 is 2.48 bits per heavy atom. The monoisotopic (exact) mass is 348 g/mol. The van der Waals surface area contributed by atoms with E-state index in [1.807, 2.05) is 37.8 Å². The van der Waals surface area contributed by atoms with Crippen LogP contribution in [0.3, 0.4) is 0 Å². The van der Waals surface area contributed by atoms with Crippen molar-refractivity contribution in [1.82, 2.24) is 9.80 Å². The van der Waals surface area contributed by atoms with Crippen LogP contribution in [0, 0.1) is 0 Å². The molecule has 1 aliphatic rings. The fourth-order valence-corrected chi connectivity index (χ4v) is 2.56. The molecule has 0 spiro atoms. The van der Waals surface area contributed by atoms with Crippen LogP contribution in [0.4, 0.5) is 4.79 Å². The van der Waals surface area contributed by atoms with Gasteiger partial charge in [-0.15, -0.1) is 0 Å². The van der Waals surface area contributed by atoms with Crippen molar-refractivity contribution in [3.8, 4) is 5.75 Å². The number of hydrogen-bond acceptors (Lipinski definition) is 4. The number of carbonyl (C=O) groups excluding carboxylic acids is 1. The maximum atomic E-state index is 12.0. The molecule has 138 valence electrons. The molecule has 0 unspecified atom stereocenters. The molecule has 25 heavy (non-hydrogen) atoms. The van der Waals surface area contributed by atoms with Crippen molar-refractivity contribution in [2.75, 3.05) is 32.7 Å². The van der Waals surface area contributed by atoms with E-state index in [2.05, 4.69) is 4.99 Å². The number of rotatable bonds is 3. The molecule has 0 atom stereocenters. The lowest BCUT2D eigenvalue weighted by Gasteiger charge is -2.36. The van der Waals surface area contributed by atoms with Crippen LogP contribution in [0.25, 0.3) is 0 Å². The Labute approximate surface area is 149 Å². The van der Waals surface area contributed by atoms with Gasteiger partial charge in [0.1, 0.15) is 11.4 Å². The zero-order chi connectivity index (χ0) is 18.4. The molecule has 7 heteroatoms. The van der Waals surface area contributed by atoms with Gasteiger partial charge in [0.15, 0.2) is 5.96 Å². The highest BCUT2D eigenvalue weighted by molar-refractivity contribution is 5.78. The predicted octanol–water partition coefficient (Wildman–Crippen LogP) is 1.80. The highest BCUT2D eigenvalue weighted by Gasteiger charge is 2.26. The second-order valence-corrected chi connectivity index (χ2v) is 7.11. The molecule has 1 aromatic rings. The Morgan fingerprint density at radius 1 is 1.24 bits per heavy atom. The fourth-order valence-electron chi connectivity index (χ4n) is 2.56. The fraction of sp³-hybridized carbons (Fsp3) is 0.556. The molecule has 1 aliphatic heterocycles. The molecule has 0 bridgehead atoms. The van der Waals surface area contributed by atoms with Gasteiger partial charge in [-0.3, -0.25) is 4.99 Å². The number of aliphatic imine (C=N–C) groups is 1. The van der Waals surface area contributed by atoms with Gasteiger partial charge in [-0.05, 0) is 44.9 Å². The van der Waals surface area contributed by atoms with Gasteiger partial charge in [0, 0.05) is 32.7 Å². The topological polar surface area (TPSA) is 91.4 Å². The third-order valence-electron chi connectivity index (χ3n) is 3.84. The quantitative estimate of drug-likeness (QED) is 0.642. The van der Waals surface area contributed by atoms with Crippen LogP contribution >= 0.6 is 0 Å². The lowest BCUT2D eigenvalue weighted by molar-refractivity contribution is 0.0186. The Kier molecular flexibility index (Phi) is 6.12. The van der Waals surface area contributed by atoms with Gasteiger partial charge < -0.3 is 25.4 Å². The molecule has 1 heterocycles. The number of carbonyl (C=O) groups is 1. The van der Waals surface area contributed by atoms with Crippen molar-refractivity contribution in [3.05, 3.63) is 29.8 Å². The van der Waals surface area contributed by atoms with Crippen LogP contribution in [0.2, 0.25) is 0 Å². The second-order valence-electron chi connectivity index (χ2n) is 7.11. The van der Waals surface area contributed by atoms with E-state index in [0.717, 1.165) is 5.56 Å². The average Bonchev–Trinajstić information content (AvgIpc) is 2.53. The maximum Gasteiger partial charge on any atom is 0.410 e. The zero-order valence-corrected chi connectivity index (χ0v) is 15.2. The third-order valence-corrected chi connectivity index (χ3v) is 3.84. The van der Waals surface area contributed by atoms with Crippen molar-refractivity contribution in [2.45, 2.75) is 32.8 Å². The molecule has 7 nitrogen and oxygen atoms in total. The first kappa shape index (κ1) is 18.9. The number of nitrogens with two attached hydrogens (primary N) is 1. The summed E-state index contributed by atoms with van der Waals surface area (Å²) in [5.74, 6) is 0.747. The second kappa shape index (κ2) is 8.09. The molecule has 0 saturated carbocycles. The molecular weight excluding hydrogens is 320 g/mol. The number of ether oxygens (including phenoxy) is 1. The van der Waals surface area contributed by atoms with Crippen LogP contribution in [0.15, 0.2) is 29.3 Å². The number of nitrogens with zero attached hydrogens (tertiary/aromatic N) is 3. The Balaban J connectivity index is 1.78. The summed E-state index contributed by atoms with van der Waals surface area (Å²) in [4.78, 5) is 20.1. The van der Waals surface area contributed by atoms with Gasteiger partial charge in [0.2, 0.25) is 0 Å². The van der Waals surface area contributed by atoms with E-state index in [9.17, 15) is 9.90 Å². The molecule has 2 rings (SSSR count). The molecule has 1 fully saturated rings. The lowest BCUT2D eigenvalue weighted by Crippen LogP contribution is -2.53. The number of phenolic OH excluding ortho intramolecular Hbond substituents is 1. The molecule has 1 aromatic carbocycles. The highest BCUT2D eigenvalue weighted by Crippen LogP contribution is 2.13. The standard InChI is InChI=1S/C18H28N4O3/c1-18(2,3)25-17(24)22-11-9-21(10-12-22)16(19)20-8-7-14-5-4-6-15(23)13-14/h4-6,13,23H,7-12H2,1-3H3,(H2,19,20). The molecule has 0 aromatic heterocycles. The summed E-state index contributed by atoms with van der Waals surface area (Å²) in [6, 6.07) is 7.13. The van der Waals surface area contributed by atoms with E-state index in [4.69, 9.17) is 10.5 Å². The summed E-state index contributed by atoms with van der Waals surface area (Å²) in [6.07, 6.45) is 0.430. The van der Waals surface area contributed by atoms with Crippen molar-refractivity contribution in [1.29, 1.82) is 0 Å². The highest BCUT2D eigenvalue weighted by atomic mass is 16.6. The molecule has 3 N–H and O–H groups in total. The normalized spacial score (nSPS) is 16.0. The van der Waals surface area contributed by atoms with Gasteiger partial charge in [-0.1, -0.05) is 12.1 Å². The summed E-state index contributed by atoms with van der Waals surface area (Å²) in [7, 11) is 0. The van der Waals surface area contributed by atoms with E-state index < -0.39 is 5.60 Å². The van der Waals surface area contributed by atoms with Gasteiger partial charge in [-0.2, -0.15) is 0 Å². The average molecular weight is 348 g/mol. The largest absolute Gasteiger partial charge is 0.508 e. The lowest BCUT2D eigenvalue weighted by atomic mass is 10.1. The number of phenols is 1. The van der Waals surface area contributed by atoms with Crippen LogP contribution in [0.1, 0.15) is 26.3 Å². The zero-order valence-electron chi connectivity index (χ0n) is 15.2. The van der Waals surface area contributed by atoms with E-state index in [1.54, 1.807) is 17.0 Å². The molecular formula is C18H28N4O3.